The summed E-state index contributed by atoms with van der Waals surface area (Å²) in [6, 6.07) is 5.73. The van der Waals surface area contributed by atoms with Gasteiger partial charge in [0.25, 0.3) is 0 Å². The normalized spacial score (nSPS) is 15.1. The van der Waals surface area contributed by atoms with Crippen molar-refractivity contribution in [3.05, 3.63) is 29.6 Å². The Morgan fingerprint density at radius 2 is 2.11 bits per heavy atom. The molecule has 0 saturated heterocycles. The van der Waals surface area contributed by atoms with Crippen molar-refractivity contribution in [2.45, 2.75) is 64.6 Å². The van der Waals surface area contributed by atoms with Crippen LogP contribution in [0.1, 0.15) is 50.8 Å². The van der Waals surface area contributed by atoms with Gasteiger partial charge >= 0.3 is 0 Å². The summed E-state index contributed by atoms with van der Waals surface area (Å²) in [5.41, 5.74) is 2.49. The number of unbranched alkanes of at least 4 members (excludes halogenated alkanes) is 1. The fraction of sp³-hybridized carbons (Fsp3) is 0.688. The first-order valence-electron chi connectivity index (χ1n) is 7.64. The highest BCUT2D eigenvalue weighted by Crippen LogP contribution is 2.18. The number of aryl methyl sites for hydroxylation is 1. The number of pyridine rings is 1. The lowest BCUT2D eigenvalue weighted by Crippen LogP contribution is -2.21. The van der Waals surface area contributed by atoms with Crippen molar-refractivity contribution in [2.24, 2.45) is 0 Å². The molecule has 0 aromatic carbocycles. The molecule has 1 aliphatic rings. The van der Waals surface area contributed by atoms with Crippen LogP contribution in [-0.4, -0.2) is 23.6 Å². The van der Waals surface area contributed by atoms with Crippen LogP contribution in [0.5, 0.6) is 0 Å². The van der Waals surface area contributed by atoms with Gasteiger partial charge < -0.3 is 10.6 Å². The molecule has 1 aromatic rings. The Labute approximate surface area is 117 Å². The van der Waals surface area contributed by atoms with E-state index in [2.05, 4.69) is 41.6 Å². The van der Waals surface area contributed by atoms with E-state index in [1.54, 1.807) is 0 Å². The average Bonchev–Trinajstić information content (AvgIpc) is 3.21. The van der Waals surface area contributed by atoms with Crippen LogP contribution in [0.15, 0.2) is 18.3 Å². The maximum atomic E-state index is 4.54. The third kappa shape index (κ3) is 6.17. The van der Waals surface area contributed by atoms with Crippen molar-refractivity contribution in [3.63, 3.8) is 0 Å². The number of hydrogen-bond acceptors (Lipinski definition) is 3. The van der Waals surface area contributed by atoms with Gasteiger partial charge in [0.15, 0.2) is 0 Å². The first-order valence-corrected chi connectivity index (χ1v) is 7.64. The summed E-state index contributed by atoms with van der Waals surface area (Å²) in [5, 5.41) is 6.96. The summed E-state index contributed by atoms with van der Waals surface area (Å²) in [6.45, 7) is 6.41. The summed E-state index contributed by atoms with van der Waals surface area (Å²) >= 11 is 0. The van der Waals surface area contributed by atoms with E-state index in [1.807, 2.05) is 6.20 Å². The van der Waals surface area contributed by atoms with E-state index in [0.717, 1.165) is 19.0 Å². The molecular formula is C16H27N3. The van der Waals surface area contributed by atoms with Gasteiger partial charge in [-0.15, -0.1) is 0 Å². The zero-order valence-corrected chi connectivity index (χ0v) is 12.3. The molecule has 19 heavy (non-hydrogen) atoms. The van der Waals surface area contributed by atoms with E-state index in [0.29, 0.717) is 6.04 Å². The number of nitrogens with one attached hydrogen (secondary N) is 2. The number of aromatic nitrogens is 1. The largest absolute Gasteiger partial charge is 0.314 e. The second-order valence-corrected chi connectivity index (χ2v) is 5.88. The van der Waals surface area contributed by atoms with Gasteiger partial charge in [0, 0.05) is 30.5 Å². The molecule has 1 saturated carbocycles. The Hall–Kier alpha value is -0.930. The molecule has 3 nitrogen and oxygen atoms in total. The van der Waals surface area contributed by atoms with Gasteiger partial charge in [0.1, 0.15) is 0 Å². The predicted octanol–water partition coefficient (Wildman–Crippen LogP) is 2.65. The Morgan fingerprint density at radius 1 is 1.26 bits per heavy atom. The SMILES string of the molecule is CC(C)NCc1ccc(CCCCNC2CC2)nc1. The number of rotatable bonds is 9. The smallest absolute Gasteiger partial charge is 0.0403 e. The van der Waals surface area contributed by atoms with E-state index in [-0.39, 0.29) is 0 Å². The summed E-state index contributed by atoms with van der Waals surface area (Å²) in [7, 11) is 0. The third-order valence-electron chi connectivity index (χ3n) is 3.47. The fourth-order valence-corrected chi connectivity index (χ4v) is 2.05. The lowest BCUT2D eigenvalue weighted by molar-refractivity contribution is 0.587. The Morgan fingerprint density at radius 3 is 2.74 bits per heavy atom. The molecule has 2 rings (SSSR count). The van der Waals surface area contributed by atoms with Gasteiger partial charge in [-0.2, -0.15) is 0 Å². The fourth-order valence-electron chi connectivity index (χ4n) is 2.05. The van der Waals surface area contributed by atoms with Gasteiger partial charge in [0.05, 0.1) is 0 Å². The standard InChI is InChI=1S/C16H27N3/c1-13(2)18-11-14-6-7-15(19-12-14)5-3-4-10-17-16-8-9-16/h6-7,12-13,16-18H,3-5,8-11H2,1-2H3. The second-order valence-electron chi connectivity index (χ2n) is 5.88. The van der Waals surface area contributed by atoms with Crippen LogP contribution < -0.4 is 10.6 Å². The Kier molecular flexibility index (Phi) is 5.80. The monoisotopic (exact) mass is 261 g/mol. The van der Waals surface area contributed by atoms with Crippen molar-refractivity contribution in [3.8, 4) is 0 Å². The molecule has 0 aliphatic heterocycles. The lowest BCUT2D eigenvalue weighted by Gasteiger charge is -2.08. The molecule has 0 amide bonds. The van der Waals surface area contributed by atoms with E-state index in [1.165, 1.54) is 43.5 Å². The summed E-state index contributed by atoms with van der Waals surface area (Å²) < 4.78 is 0. The Bertz CT molecular complexity index is 355. The van der Waals surface area contributed by atoms with Crippen LogP contribution in [0, 0.1) is 0 Å². The first kappa shape index (κ1) is 14.5. The summed E-state index contributed by atoms with van der Waals surface area (Å²) in [6.07, 6.45) is 8.36. The molecule has 1 fully saturated rings. The maximum absolute atomic E-state index is 4.54. The number of nitrogens with zero attached hydrogens (tertiary/aromatic N) is 1. The van der Waals surface area contributed by atoms with Gasteiger partial charge in [-0.05, 0) is 50.3 Å². The lowest BCUT2D eigenvalue weighted by atomic mass is 10.1. The van der Waals surface area contributed by atoms with Crippen LogP contribution in [0.4, 0.5) is 0 Å². The third-order valence-corrected chi connectivity index (χ3v) is 3.47. The van der Waals surface area contributed by atoms with Crippen LogP contribution in [-0.2, 0) is 13.0 Å². The van der Waals surface area contributed by atoms with E-state index in [9.17, 15) is 0 Å². The average molecular weight is 261 g/mol. The quantitative estimate of drug-likeness (QED) is 0.671. The molecule has 106 valence electrons. The zero-order valence-electron chi connectivity index (χ0n) is 12.3. The molecule has 0 radical (unpaired) electrons. The predicted molar refractivity (Wildman–Crippen MR) is 80.2 cm³/mol. The van der Waals surface area contributed by atoms with E-state index < -0.39 is 0 Å². The minimum Gasteiger partial charge on any atom is -0.314 e. The molecular weight excluding hydrogens is 234 g/mol. The van der Waals surface area contributed by atoms with Crippen LogP contribution in [0.25, 0.3) is 0 Å². The van der Waals surface area contributed by atoms with Crippen LogP contribution in [0.2, 0.25) is 0 Å². The number of hydrogen-bond donors (Lipinski definition) is 2. The van der Waals surface area contributed by atoms with Crippen molar-refractivity contribution in [1.82, 2.24) is 15.6 Å². The molecule has 2 N–H and O–H groups in total. The highest BCUT2D eigenvalue weighted by atomic mass is 14.9. The minimum atomic E-state index is 0.527. The molecule has 0 spiro atoms. The highest BCUT2D eigenvalue weighted by molar-refractivity contribution is 5.14. The molecule has 0 atom stereocenters. The molecule has 0 unspecified atom stereocenters. The minimum absolute atomic E-state index is 0.527. The van der Waals surface area contributed by atoms with Gasteiger partial charge in [-0.25, -0.2) is 0 Å². The zero-order chi connectivity index (χ0) is 13.5. The van der Waals surface area contributed by atoms with Crippen molar-refractivity contribution < 1.29 is 0 Å². The molecule has 0 bridgehead atoms. The van der Waals surface area contributed by atoms with Gasteiger partial charge in [0.2, 0.25) is 0 Å². The first-order chi connectivity index (χ1) is 9.24. The topological polar surface area (TPSA) is 37.0 Å². The van der Waals surface area contributed by atoms with Crippen molar-refractivity contribution in [2.75, 3.05) is 6.54 Å². The summed E-state index contributed by atoms with van der Waals surface area (Å²) in [5.74, 6) is 0. The molecule has 1 heterocycles. The van der Waals surface area contributed by atoms with E-state index >= 15 is 0 Å². The van der Waals surface area contributed by atoms with E-state index in [4.69, 9.17) is 0 Å². The molecule has 3 heteroatoms. The van der Waals surface area contributed by atoms with Gasteiger partial charge in [-0.1, -0.05) is 19.9 Å². The van der Waals surface area contributed by atoms with Crippen molar-refractivity contribution in [1.29, 1.82) is 0 Å². The maximum Gasteiger partial charge on any atom is 0.0403 e. The Balaban J connectivity index is 1.60. The van der Waals surface area contributed by atoms with Crippen LogP contribution in [0.3, 0.4) is 0 Å². The molecule has 1 aromatic heterocycles. The summed E-state index contributed by atoms with van der Waals surface area (Å²) in [4.78, 5) is 4.54. The van der Waals surface area contributed by atoms with Gasteiger partial charge in [-0.3, -0.25) is 4.98 Å². The molecule has 1 aliphatic carbocycles. The van der Waals surface area contributed by atoms with Crippen LogP contribution >= 0.6 is 0 Å². The highest BCUT2D eigenvalue weighted by Gasteiger charge is 2.19. The second kappa shape index (κ2) is 7.61. The van der Waals surface area contributed by atoms with Crippen molar-refractivity contribution >= 4 is 0 Å².